The first kappa shape index (κ1) is 12.6. The molecule has 2 aliphatic rings. The van der Waals surface area contributed by atoms with Crippen molar-refractivity contribution in [2.45, 2.75) is 26.2 Å². The Hall–Kier alpha value is -2.16. The molecule has 0 spiro atoms. The van der Waals surface area contributed by atoms with Crippen molar-refractivity contribution >= 4 is 11.6 Å². The molecule has 2 aromatic rings. The molecule has 0 aliphatic carbocycles. The number of halogens is 1. The van der Waals surface area contributed by atoms with Crippen LogP contribution < -0.4 is 4.90 Å². The van der Waals surface area contributed by atoms with Gasteiger partial charge in [-0.15, -0.1) is 0 Å². The van der Waals surface area contributed by atoms with Gasteiger partial charge in [0.05, 0.1) is 12.1 Å². The first-order chi connectivity index (χ1) is 10.1. The van der Waals surface area contributed by atoms with Crippen LogP contribution in [0.2, 0.25) is 0 Å². The Balaban J connectivity index is 1.89. The van der Waals surface area contributed by atoms with E-state index in [0.717, 1.165) is 47.3 Å². The maximum absolute atomic E-state index is 13.3. The second-order valence-electron chi connectivity index (χ2n) is 5.93. The number of hydrogen-bond acceptors (Lipinski definition) is 1. The molecule has 3 heteroatoms. The van der Waals surface area contributed by atoms with E-state index in [1.165, 1.54) is 11.6 Å². The van der Waals surface area contributed by atoms with E-state index in [9.17, 15) is 9.18 Å². The lowest BCUT2D eigenvalue weighted by Crippen LogP contribution is -2.31. The van der Waals surface area contributed by atoms with E-state index in [-0.39, 0.29) is 11.7 Å². The van der Waals surface area contributed by atoms with Crippen LogP contribution >= 0.6 is 0 Å². The van der Waals surface area contributed by atoms with E-state index >= 15 is 0 Å². The minimum Gasteiger partial charge on any atom is -0.312 e. The third-order valence-electron chi connectivity index (χ3n) is 4.51. The van der Waals surface area contributed by atoms with Gasteiger partial charge < -0.3 is 4.90 Å². The van der Waals surface area contributed by atoms with Gasteiger partial charge >= 0.3 is 0 Å². The highest BCUT2D eigenvalue weighted by Crippen LogP contribution is 2.40. The molecule has 0 radical (unpaired) electrons. The number of hydrogen-bond donors (Lipinski definition) is 0. The van der Waals surface area contributed by atoms with E-state index in [2.05, 4.69) is 12.1 Å². The van der Waals surface area contributed by atoms with Crippen molar-refractivity contribution in [2.24, 2.45) is 0 Å². The largest absolute Gasteiger partial charge is 0.312 e. The van der Waals surface area contributed by atoms with Gasteiger partial charge in [-0.1, -0.05) is 6.07 Å². The molecule has 21 heavy (non-hydrogen) atoms. The number of nitrogens with zero attached hydrogens (tertiary/aromatic N) is 1. The Morgan fingerprint density at radius 1 is 1.14 bits per heavy atom. The van der Waals surface area contributed by atoms with Crippen molar-refractivity contribution in [3.63, 3.8) is 0 Å². The minimum absolute atomic E-state index is 0.207. The molecule has 1 amide bonds. The van der Waals surface area contributed by atoms with Crippen LogP contribution in [0.25, 0.3) is 11.1 Å². The number of carbonyl (C=O) groups excluding carboxylic acids is 1. The molecular weight excluding hydrogens is 265 g/mol. The van der Waals surface area contributed by atoms with Crippen molar-refractivity contribution in [3.05, 3.63) is 52.8 Å². The summed E-state index contributed by atoms with van der Waals surface area (Å²) in [5, 5.41) is 0. The fraction of sp³-hybridized carbons (Fsp3) is 0.278. The molecule has 0 saturated carbocycles. The Labute approximate surface area is 123 Å². The van der Waals surface area contributed by atoms with Crippen LogP contribution in [0.1, 0.15) is 23.1 Å². The van der Waals surface area contributed by atoms with E-state index in [0.29, 0.717) is 6.42 Å². The average molecular weight is 281 g/mol. The van der Waals surface area contributed by atoms with E-state index < -0.39 is 0 Å². The van der Waals surface area contributed by atoms with Crippen molar-refractivity contribution < 1.29 is 9.18 Å². The van der Waals surface area contributed by atoms with Crippen LogP contribution in [0.3, 0.4) is 0 Å². The SMILES string of the molecule is Cc1cc(F)ccc1-c1cc2c3c(c1)CC(=O)N3CCC2. The molecule has 2 aromatic carbocycles. The average Bonchev–Trinajstić information content (AvgIpc) is 2.77. The highest BCUT2D eigenvalue weighted by atomic mass is 19.1. The van der Waals surface area contributed by atoms with Gasteiger partial charge in [-0.3, -0.25) is 4.79 Å². The quantitative estimate of drug-likeness (QED) is 0.781. The Morgan fingerprint density at radius 2 is 1.95 bits per heavy atom. The summed E-state index contributed by atoms with van der Waals surface area (Å²) in [7, 11) is 0. The Morgan fingerprint density at radius 3 is 2.76 bits per heavy atom. The number of benzene rings is 2. The van der Waals surface area contributed by atoms with Crippen LogP contribution in [0.4, 0.5) is 10.1 Å². The highest BCUT2D eigenvalue weighted by molar-refractivity contribution is 6.03. The molecule has 0 unspecified atom stereocenters. The van der Waals surface area contributed by atoms with Crippen LogP contribution in [-0.2, 0) is 17.6 Å². The molecule has 2 aliphatic heterocycles. The van der Waals surface area contributed by atoms with Crippen LogP contribution in [0.5, 0.6) is 0 Å². The summed E-state index contributed by atoms with van der Waals surface area (Å²) in [6.45, 7) is 2.77. The van der Waals surface area contributed by atoms with Gasteiger partial charge in [-0.05, 0) is 71.8 Å². The molecule has 0 bridgehead atoms. The molecule has 0 saturated heterocycles. The van der Waals surface area contributed by atoms with Gasteiger partial charge in [0.2, 0.25) is 5.91 Å². The normalized spacial score (nSPS) is 16.3. The van der Waals surface area contributed by atoms with Gasteiger partial charge in [0.1, 0.15) is 5.82 Å². The Kier molecular flexibility index (Phi) is 2.64. The first-order valence-corrected chi connectivity index (χ1v) is 7.36. The lowest BCUT2D eigenvalue weighted by atomic mass is 9.92. The van der Waals surface area contributed by atoms with Gasteiger partial charge in [0, 0.05) is 6.54 Å². The van der Waals surface area contributed by atoms with E-state index in [1.54, 1.807) is 6.07 Å². The third kappa shape index (κ3) is 1.88. The van der Waals surface area contributed by atoms with Crippen molar-refractivity contribution in [1.29, 1.82) is 0 Å². The second-order valence-corrected chi connectivity index (χ2v) is 5.93. The summed E-state index contributed by atoms with van der Waals surface area (Å²) in [6, 6.07) is 9.16. The summed E-state index contributed by atoms with van der Waals surface area (Å²) >= 11 is 0. The molecule has 2 nitrogen and oxygen atoms in total. The van der Waals surface area contributed by atoms with Crippen molar-refractivity contribution in [1.82, 2.24) is 0 Å². The lowest BCUT2D eigenvalue weighted by Gasteiger charge is -2.26. The third-order valence-corrected chi connectivity index (χ3v) is 4.51. The number of rotatable bonds is 1. The Bertz CT molecular complexity index is 766. The molecule has 0 fully saturated rings. The molecule has 4 rings (SSSR count). The first-order valence-electron chi connectivity index (χ1n) is 7.36. The van der Waals surface area contributed by atoms with Gasteiger partial charge in [-0.2, -0.15) is 0 Å². The standard InChI is InChI=1S/C18H16FNO/c1-11-7-15(19)4-5-16(11)13-8-12-3-2-6-20-17(21)10-14(9-13)18(12)20/h4-5,7-9H,2-3,6,10H2,1H3. The smallest absolute Gasteiger partial charge is 0.231 e. The van der Waals surface area contributed by atoms with Gasteiger partial charge in [0.25, 0.3) is 0 Å². The summed E-state index contributed by atoms with van der Waals surface area (Å²) in [5.41, 5.74) is 6.58. The topological polar surface area (TPSA) is 20.3 Å². The molecule has 0 atom stereocenters. The van der Waals surface area contributed by atoms with E-state index in [1.807, 2.05) is 17.9 Å². The summed E-state index contributed by atoms with van der Waals surface area (Å²) in [5.74, 6) is -0.000897. The minimum atomic E-state index is -0.208. The summed E-state index contributed by atoms with van der Waals surface area (Å²) in [6.07, 6.45) is 2.53. The lowest BCUT2D eigenvalue weighted by molar-refractivity contribution is -0.117. The molecule has 106 valence electrons. The number of aryl methyl sites for hydroxylation is 2. The van der Waals surface area contributed by atoms with E-state index in [4.69, 9.17) is 0 Å². The maximum Gasteiger partial charge on any atom is 0.231 e. The van der Waals surface area contributed by atoms with Crippen molar-refractivity contribution in [3.8, 4) is 11.1 Å². The predicted molar refractivity (Wildman–Crippen MR) is 81.0 cm³/mol. The fourth-order valence-corrected chi connectivity index (χ4v) is 3.59. The monoisotopic (exact) mass is 281 g/mol. The van der Waals surface area contributed by atoms with Crippen LogP contribution in [-0.4, -0.2) is 12.5 Å². The number of amides is 1. The zero-order chi connectivity index (χ0) is 14.6. The zero-order valence-electron chi connectivity index (χ0n) is 11.9. The highest BCUT2D eigenvalue weighted by Gasteiger charge is 2.32. The van der Waals surface area contributed by atoms with Crippen LogP contribution in [0, 0.1) is 12.7 Å². The summed E-state index contributed by atoms with van der Waals surface area (Å²) in [4.78, 5) is 14.0. The predicted octanol–water partition coefficient (Wildman–Crippen LogP) is 3.64. The fourth-order valence-electron chi connectivity index (χ4n) is 3.59. The molecular formula is C18H16FNO. The molecule has 0 N–H and O–H groups in total. The second kappa shape index (κ2) is 4.42. The maximum atomic E-state index is 13.3. The van der Waals surface area contributed by atoms with Crippen molar-refractivity contribution in [2.75, 3.05) is 11.4 Å². The summed E-state index contributed by atoms with van der Waals surface area (Å²) < 4.78 is 13.3. The zero-order valence-corrected chi connectivity index (χ0v) is 11.9. The number of carbonyl (C=O) groups is 1. The molecule has 0 aromatic heterocycles. The number of anilines is 1. The van der Waals surface area contributed by atoms with Gasteiger partial charge in [-0.25, -0.2) is 4.39 Å². The van der Waals surface area contributed by atoms with Gasteiger partial charge in [0.15, 0.2) is 0 Å². The van der Waals surface area contributed by atoms with Crippen LogP contribution in [0.15, 0.2) is 30.3 Å². The molecule has 2 heterocycles.